The van der Waals surface area contributed by atoms with Crippen LogP contribution in [-0.2, 0) is 6.18 Å². The largest absolute Gasteiger partial charge is 0.416 e. The summed E-state index contributed by atoms with van der Waals surface area (Å²) in [6, 6.07) is 15.1. The van der Waals surface area contributed by atoms with E-state index >= 15 is 0 Å². The van der Waals surface area contributed by atoms with Crippen LogP contribution in [-0.4, -0.2) is 25.5 Å². The summed E-state index contributed by atoms with van der Waals surface area (Å²) in [5, 5.41) is 11.6. The number of aromatic nitrogens is 4. The van der Waals surface area contributed by atoms with Gasteiger partial charge in [-0.1, -0.05) is 35.9 Å². The molecule has 0 atom stereocenters. The molecule has 0 saturated heterocycles. The Hall–Kier alpha value is -4.24. The van der Waals surface area contributed by atoms with E-state index in [0.717, 1.165) is 12.1 Å². The topological polar surface area (TPSA) is 72.2 Å². The van der Waals surface area contributed by atoms with Crippen molar-refractivity contribution < 1.29 is 18.0 Å². The summed E-state index contributed by atoms with van der Waals surface area (Å²) < 4.78 is 40.3. The van der Waals surface area contributed by atoms with Crippen LogP contribution in [0, 0.1) is 6.92 Å². The summed E-state index contributed by atoms with van der Waals surface area (Å²) in [5.74, 6) is 0.167. The van der Waals surface area contributed by atoms with Crippen molar-refractivity contribution in [2.24, 2.45) is 0 Å². The molecule has 0 bridgehead atoms. The summed E-state index contributed by atoms with van der Waals surface area (Å²) in [6.07, 6.45) is 0.508. The number of hydrogen-bond donors (Lipinski definition) is 1. The first-order valence-electron chi connectivity index (χ1n) is 10.7. The van der Waals surface area contributed by atoms with Crippen LogP contribution < -0.4 is 5.32 Å². The van der Waals surface area contributed by atoms with Crippen molar-refractivity contribution >= 4 is 28.8 Å². The van der Waals surface area contributed by atoms with Gasteiger partial charge in [0.2, 0.25) is 0 Å². The maximum Gasteiger partial charge on any atom is 0.416 e. The average molecular weight is 508 g/mol. The van der Waals surface area contributed by atoms with Crippen LogP contribution in [0.1, 0.15) is 21.5 Å². The van der Waals surface area contributed by atoms with Crippen LogP contribution >= 0.6 is 11.6 Å². The Morgan fingerprint density at radius 3 is 2.44 bits per heavy atom. The number of alkyl halides is 3. The number of nitrogens with zero attached hydrogens (tertiary/aromatic N) is 4. The van der Waals surface area contributed by atoms with Crippen molar-refractivity contribution in [3.05, 3.63) is 101 Å². The zero-order valence-electron chi connectivity index (χ0n) is 18.7. The van der Waals surface area contributed by atoms with Gasteiger partial charge in [-0.15, -0.1) is 10.2 Å². The van der Waals surface area contributed by atoms with Gasteiger partial charge in [0.05, 0.1) is 16.8 Å². The van der Waals surface area contributed by atoms with Crippen molar-refractivity contribution in [3.63, 3.8) is 0 Å². The molecular formula is C26H17ClF3N5O. The molecule has 0 aliphatic heterocycles. The smallest absolute Gasteiger partial charge is 0.322 e. The molecule has 2 heterocycles. The molecule has 0 radical (unpaired) electrons. The summed E-state index contributed by atoms with van der Waals surface area (Å²) in [5.41, 5.74) is 3.38. The minimum Gasteiger partial charge on any atom is -0.322 e. The van der Waals surface area contributed by atoms with Crippen LogP contribution in [0.3, 0.4) is 0 Å². The van der Waals surface area contributed by atoms with E-state index in [2.05, 4.69) is 20.5 Å². The second-order valence-electron chi connectivity index (χ2n) is 8.08. The molecular weight excluding hydrogens is 491 g/mol. The Balaban J connectivity index is 1.39. The fourth-order valence-corrected chi connectivity index (χ4v) is 4.06. The highest BCUT2D eigenvalue weighted by Gasteiger charge is 2.30. The number of benzene rings is 3. The number of halogens is 4. The van der Waals surface area contributed by atoms with Crippen LogP contribution in [0.2, 0.25) is 5.02 Å². The summed E-state index contributed by atoms with van der Waals surface area (Å²) in [7, 11) is 0. The number of rotatable bonds is 4. The van der Waals surface area contributed by atoms with E-state index in [9.17, 15) is 18.0 Å². The predicted octanol–water partition coefficient (Wildman–Crippen LogP) is 6.69. The van der Waals surface area contributed by atoms with Crippen molar-refractivity contribution in [2.45, 2.75) is 13.1 Å². The van der Waals surface area contributed by atoms with E-state index in [0.29, 0.717) is 50.0 Å². The van der Waals surface area contributed by atoms with Gasteiger partial charge in [0, 0.05) is 29.2 Å². The SMILES string of the molecule is Cc1cc(-c2ccc(C(F)(F)F)cc2)ccc1C(=O)Nc1ccc(Cl)c(-c2nnc3cnccn23)c1. The lowest BCUT2D eigenvalue weighted by Gasteiger charge is -2.12. The number of amides is 1. The van der Waals surface area contributed by atoms with Crippen molar-refractivity contribution in [1.29, 1.82) is 0 Å². The molecule has 3 aromatic carbocycles. The second-order valence-corrected chi connectivity index (χ2v) is 8.49. The van der Waals surface area contributed by atoms with Gasteiger partial charge in [-0.3, -0.25) is 14.2 Å². The zero-order valence-corrected chi connectivity index (χ0v) is 19.5. The van der Waals surface area contributed by atoms with E-state index in [1.54, 1.807) is 66.3 Å². The highest BCUT2D eigenvalue weighted by atomic mass is 35.5. The van der Waals surface area contributed by atoms with Gasteiger partial charge < -0.3 is 5.32 Å². The van der Waals surface area contributed by atoms with Crippen molar-refractivity contribution in [1.82, 2.24) is 19.6 Å². The minimum atomic E-state index is -4.39. The van der Waals surface area contributed by atoms with Crippen molar-refractivity contribution in [2.75, 3.05) is 5.32 Å². The molecule has 10 heteroatoms. The number of hydrogen-bond acceptors (Lipinski definition) is 4. The molecule has 6 nitrogen and oxygen atoms in total. The Kier molecular flexibility index (Phi) is 5.93. The van der Waals surface area contributed by atoms with Crippen LogP contribution in [0.25, 0.3) is 28.2 Å². The molecule has 0 unspecified atom stereocenters. The summed E-state index contributed by atoms with van der Waals surface area (Å²) in [6.45, 7) is 1.77. The van der Waals surface area contributed by atoms with E-state index in [-0.39, 0.29) is 5.91 Å². The maximum absolute atomic E-state index is 13.0. The lowest BCUT2D eigenvalue weighted by Crippen LogP contribution is -2.13. The quantitative estimate of drug-likeness (QED) is 0.294. The normalized spacial score (nSPS) is 11.6. The van der Waals surface area contributed by atoms with E-state index in [4.69, 9.17) is 11.6 Å². The number of fused-ring (bicyclic) bond motifs is 1. The molecule has 0 aliphatic carbocycles. The van der Waals surface area contributed by atoms with E-state index < -0.39 is 11.7 Å². The first-order valence-corrected chi connectivity index (χ1v) is 11.1. The number of nitrogens with one attached hydrogen (secondary N) is 1. The molecule has 2 aromatic heterocycles. The zero-order chi connectivity index (χ0) is 25.4. The highest BCUT2D eigenvalue weighted by molar-refractivity contribution is 6.33. The average Bonchev–Trinajstić information content (AvgIpc) is 3.28. The Bertz CT molecular complexity index is 1600. The summed E-state index contributed by atoms with van der Waals surface area (Å²) >= 11 is 6.41. The van der Waals surface area contributed by atoms with Gasteiger partial charge in [-0.25, -0.2) is 0 Å². The second kappa shape index (κ2) is 9.09. The fourth-order valence-electron chi connectivity index (χ4n) is 3.86. The van der Waals surface area contributed by atoms with Gasteiger partial charge in [0.1, 0.15) is 0 Å². The van der Waals surface area contributed by atoms with Crippen LogP contribution in [0.15, 0.2) is 79.3 Å². The van der Waals surface area contributed by atoms with E-state index in [1.807, 2.05) is 0 Å². The molecule has 5 rings (SSSR count). The van der Waals surface area contributed by atoms with Gasteiger partial charge in [-0.05, 0) is 60.0 Å². The monoisotopic (exact) mass is 507 g/mol. The van der Waals surface area contributed by atoms with Crippen molar-refractivity contribution in [3.8, 4) is 22.5 Å². The standard InChI is InChI=1S/C26H17ClF3N5O/c1-15-12-17(16-2-5-18(6-3-16)26(28,29)30)4-8-20(15)25(36)32-19-7-9-22(27)21(13-19)24-34-33-23-14-31-10-11-35(23)24/h2-14H,1H3,(H,32,36). The molecule has 0 fully saturated rings. The number of anilines is 1. The van der Waals surface area contributed by atoms with E-state index in [1.165, 1.54) is 12.1 Å². The molecule has 1 N–H and O–H groups in total. The molecule has 0 saturated carbocycles. The third kappa shape index (κ3) is 4.52. The van der Waals surface area contributed by atoms with Gasteiger partial charge in [-0.2, -0.15) is 13.2 Å². The molecule has 36 heavy (non-hydrogen) atoms. The minimum absolute atomic E-state index is 0.338. The Labute approximate surface area is 208 Å². The number of aryl methyl sites for hydroxylation is 1. The van der Waals surface area contributed by atoms with Gasteiger partial charge >= 0.3 is 6.18 Å². The lowest BCUT2D eigenvalue weighted by atomic mass is 9.98. The Morgan fingerprint density at radius 1 is 0.972 bits per heavy atom. The summed E-state index contributed by atoms with van der Waals surface area (Å²) in [4.78, 5) is 17.0. The molecule has 5 aromatic rings. The third-order valence-electron chi connectivity index (χ3n) is 5.70. The third-order valence-corrected chi connectivity index (χ3v) is 6.03. The fraction of sp³-hybridized carbons (Fsp3) is 0.0769. The van der Waals surface area contributed by atoms with Gasteiger partial charge in [0.25, 0.3) is 5.91 Å². The Morgan fingerprint density at radius 2 is 1.72 bits per heavy atom. The molecule has 1 amide bonds. The highest BCUT2D eigenvalue weighted by Crippen LogP contribution is 2.32. The molecule has 0 spiro atoms. The first kappa shape index (κ1) is 23.5. The van der Waals surface area contributed by atoms with Gasteiger partial charge in [0.15, 0.2) is 11.5 Å². The predicted molar refractivity (Wildman–Crippen MR) is 131 cm³/mol. The molecule has 0 aliphatic rings. The van der Waals surface area contributed by atoms with Crippen LogP contribution in [0.4, 0.5) is 18.9 Å². The molecule has 180 valence electrons. The van der Waals surface area contributed by atoms with Crippen LogP contribution in [0.5, 0.6) is 0 Å². The number of carbonyl (C=O) groups excluding carboxylic acids is 1. The first-order chi connectivity index (χ1) is 17.2. The lowest BCUT2D eigenvalue weighted by molar-refractivity contribution is -0.137. The maximum atomic E-state index is 13.0. The number of carbonyl (C=O) groups is 1.